The molecule has 2 aromatic rings. The Labute approximate surface area is 175 Å². The molecule has 0 saturated heterocycles. The molecule has 0 bridgehead atoms. The van der Waals surface area contributed by atoms with Gasteiger partial charge in [0.15, 0.2) is 0 Å². The van der Waals surface area contributed by atoms with E-state index in [-0.39, 0.29) is 0 Å². The van der Waals surface area contributed by atoms with Gasteiger partial charge in [0.25, 0.3) is 0 Å². The molecular weight excluding hydrogens is 356 g/mol. The molecule has 4 rings (SSSR count). The van der Waals surface area contributed by atoms with Crippen LogP contribution in [0, 0.1) is 0 Å². The highest BCUT2D eigenvalue weighted by atomic mass is 15.6. The van der Waals surface area contributed by atoms with Crippen LogP contribution in [-0.2, 0) is 0 Å². The van der Waals surface area contributed by atoms with Crippen molar-refractivity contribution >= 4 is 17.3 Å². The van der Waals surface area contributed by atoms with Crippen molar-refractivity contribution in [3.8, 4) is 0 Å². The number of aliphatic imine (C=N–C) groups is 1. The maximum absolute atomic E-state index is 5.17. The highest BCUT2D eigenvalue weighted by Crippen LogP contribution is 2.24. The highest BCUT2D eigenvalue weighted by Gasteiger charge is 2.20. The average molecular weight is 391 g/mol. The van der Waals surface area contributed by atoms with Crippen LogP contribution in [0.5, 0.6) is 0 Å². The minimum absolute atomic E-state index is 0.427. The molecule has 2 N–H and O–H groups in total. The first-order valence-electron chi connectivity index (χ1n) is 11.4. The zero-order valence-corrected chi connectivity index (χ0v) is 17.4. The summed E-state index contributed by atoms with van der Waals surface area (Å²) in [4.78, 5) is 5.17. The Morgan fingerprint density at radius 2 is 1.21 bits per heavy atom. The molecule has 2 fully saturated rings. The van der Waals surface area contributed by atoms with E-state index >= 15 is 0 Å². The SMILES string of the molecule is c1ccc(N(NC(=NC2CCCCC2)NC2CCCCC2)c2ccccc2)cc1. The standard InChI is InChI=1S/C25H34N4/c1-5-13-21(14-6-1)26-25(27-22-15-7-2-8-16-22)28-29(23-17-9-3-10-18-23)24-19-11-4-12-20-24/h3-4,9-12,17-22H,1-2,5-8,13-16H2,(H2,26,27,28). The summed E-state index contributed by atoms with van der Waals surface area (Å²) in [5.74, 6) is 0.927. The number of nitrogens with zero attached hydrogens (tertiary/aromatic N) is 2. The van der Waals surface area contributed by atoms with Crippen molar-refractivity contribution < 1.29 is 0 Å². The van der Waals surface area contributed by atoms with Gasteiger partial charge in [-0.15, -0.1) is 0 Å². The predicted molar refractivity (Wildman–Crippen MR) is 122 cm³/mol. The zero-order valence-electron chi connectivity index (χ0n) is 17.4. The molecule has 2 aliphatic carbocycles. The molecule has 4 heteroatoms. The van der Waals surface area contributed by atoms with E-state index in [9.17, 15) is 0 Å². The van der Waals surface area contributed by atoms with E-state index in [1.807, 2.05) is 0 Å². The van der Waals surface area contributed by atoms with Gasteiger partial charge in [0.2, 0.25) is 5.96 Å². The summed E-state index contributed by atoms with van der Waals surface area (Å²) in [6.45, 7) is 0. The minimum Gasteiger partial charge on any atom is -0.352 e. The molecule has 0 atom stereocenters. The van der Waals surface area contributed by atoms with E-state index in [0.29, 0.717) is 12.1 Å². The number of rotatable bonds is 5. The fraction of sp³-hybridized carbons (Fsp3) is 0.480. The van der Waals surface area contributed by atoms with Crippen LogP contribution in [0.25, 0.3) is 0 Å². The van der Waals surface area contributed by atoms with Crippen LogP contribution in [0.1, 0.15) is 64.2 Å². The highest BCUT2D eigenvalue weighted by molar-refractivity contribution is 5.84. The van der Waals surface area contributed by atoms with Crippen LogP contribution < -0.4 is 15.8 Å². The monoisotopic (exact) mass is 390 g/mol. The fourth-order valence-corrected chi connectivity index (χ4v) is 4.47. The molecule has 29 heavy (non-hydrogen) atoms. The van der Waals surface area contributed by atoms with E-state index in [2.05, 4.69) is 76.4 Å². The van der Waals surface area contributed by atoms with E-state index in [4.69, 9.17) is 4.99 Å². The van der Waals surface area contributed by atoms with Crippen molar-refractivity contribution in [3.05, 3.63) is 60.7 Å². The molecule has 2 saturated carbocycles. The third kappa shape index (κ3) is 5.75. The third-order valence-corrected chi connectivity index (χ3v) is 6.08. The first kappa shape index (κ1) is 19.8. The Balaban J connectivity index is 1.59. The summed E-state index contributed by atoms with van der Waals surface area (Å²) in [7, 11) is 0. The number of benzene rings is 2. The number of hydrazine groups is 1. The Hall–Kier alpha value is -2.49. The lowest BCUT2D eigenvalue weighted by Crippen LogP contribution is -2.50. The third-order valence-electron chi connectivity index (χ3n) is 6.08. The van der Waals surface area contributed by atoms with Gasteiger partial charge in [-0.3, -0.25) is 10.4 Å². The zero-order chi connectivity index (χ0) is 19.7. The van der Waals surface area contributed by atoms with Crippen LogP contribution in [0.2, 0.25) is 0 Å². The van der Waals surface area contributed by atoms with Crippen molar-refractivity contribution in [3.63, 3.8) is 0 Å². The number of hydrogen-bond acceptors (Lipinski definition) is 2. The molecule has 0 aliphatic heterocycles. The summed E-state index contributed by atoms with van der Waals surface area (Å²) in [5.41, 5.74) is 5.88. The Bertz CT molecular complexity index is 707. The minimum atomic E-state index is 0.427. The maximum Gasteiger partial charge on any atom is 0.211 e. The van der Waals surface area contributed by atoms with Gasteiger partial charge in [-0.25, -0.2) is 4.99 Å². The smallest absolute Gasteiger partial charge is 0.211 e. The van der Waals surface area contributed by atoms with E-state index in [1.54, 1.807) is 0 Å². The number of anilines is 2. The second-order valence-corrected chi connectivity index (χ2v) is 8.37. The van der Waals surface area contributed by atoms with Crippen LogP contribution >= 0.6 is 0 Å². The summed E-state index contributed by atoms with van der Waals surface area (Å²) in [6.07, 6.45) is 12.8. The predicted octanol–water partition coefficient (Wildman–Crippen LogP) is 5.94. The second kappa shape index (κ2) is 10.3. The van der Waals surface area contributed by atoms with Crippen LogP contribution in [-0.4, -0.2) is 18.0 Å². The average Bonchev–Trinajstić information content (AvgIpc) is 2.80. The first-order valence-corrected chi connectivity index (χ1v) is 11.4. The van der Waals surface area contributed by atoms with Gasteiger partial charge in [0, 0.05) is 6.04 Å². The molecular formula is C25H34N4. The Morgan fingerprint density at radius 1 is 0.690 bits per heavy atom. The van der Waals surface area contributed by atoms with Crippen LogP contribution in [0.3, 0.4) is 0 Å². The van der Waals surface area contributed by atoms with Gasteiger partial charge >= 0.3 is 0 Å². The summed E-state index contributed by atoms with van der Waals surface area (Å²) in [6, 6.07) is 21.9. The number of nitrogens with one attached hydrogen (secondary N) is 2. The topological polar surface area (TPSA) is 39.7 Å². The van der Waals surface area contributed by atoms with Crippen molar-refractivity contribution in [2.45, 2.75) is 76.3 Å². The maximum atomic E-state index is 5.17. The summed E-state index contributed by atoms with van der Waals surface area (Å²) >= 11 is 0. The molecule has 4 nitrogen and oxygen atoms in total. The van der Waals surface area contributed by atoms with Gasteiger partial charge in [-0.05, 0) is 49.9 Å². The number of para-hydroxylation sites is 2. The Morgan fingerprint density at radius 3 is 1.76 bits per heavy atom. The molecule has 2 aromatic carbocycles. The lowest BCUT2D eigenvalue weighted by molar-refractivity contribution is 0.404. The van der Waals surface area contributed by atoms with Crippen LogP contribution in [0.15, 0.2) is 65.7 Å². The quantitative estimate of drug-likeness (QED) is 0.377. The number of guanidine groups is 1. The summed E-state index contributed by atoms with van der Waals surface area (Å²) in [5, 5.41) is 5.92. The van der Waals surface area contributed by atoms with Gasteiger partial charge < -0.3 is 5.32 Å². The van der Waals surface area contributed by atoms with E-state index in [1.165, 1.54) is 64.2 Å². The first-order chi connectivity index (χ1) is 14.4. The van der Waals surface area contributed by atoms with Gasteiger partial charge in [-0.1, -0.05) is 74.9 Å². The molecule has 0 aromatic heterocycles. The lowest BCUT2D eigenvalue weighted by atomic mass is 9.95. The van der Waals surface area contributed by atoms with Gasteiger partial charge in [-0.2, -0.15) is 0 Å². The second-order valence-electron chi connectivity index (χ2n) is 8.37. The largest absolute Gasteiger partial charge is 0.352 e. The normalized spacial score (nSPS) is 19.0. The van der Waals surface area contributed by atoms with Gasteiger partial charge in [0.05, 0.1) is 17.4 Å². The van der Waals surface area contributed by atoms with Crippen molar-refractivity contribution in [2.75, 3.05) is 5.01 Å². The number of hydrogen-bond donors (Lipinski definition) is 2. The summed E-state index contributed by atoms with van der Waals surface area (Å²) < 4.78 is 0. The van der Waals surface area contributed by atoms with E-state index < -0.39 is 0 Å². The Kier molecular flexibility index (Phi) is 7.06. The molecule has 2 aliphatic rings. The fourth-order valence-electron chi connectivity index (χ4n) is 4.47. The molecule has 0 amide bonds. The van der Waals surface area contributed by atoms with Crippen molar-refractivity contribution in [1.29, 1.82) is 0 Å². The van der Waals surface area contributed by atoms with Crippen LogP contribution in [0.4, 0.5) is 11.4 Å². The van der Waals surface area contributed by atoms with E-state index in [0.717, 1.165) is 17.3 Å². The molecule has 0 radical (unpaired) electrons. The molecule has 0 spiro atoms. The van der Waals surface area contributed by atoms with Crippen molar-refractivity contribution in [1.82, 2.24) is 10.7 Å². The molecule has 0 unspecified atom stereocenters. The molecule has 0 heterocycles. The lowest BCUT2D eigenvalue weighted by Gasteiger charge is -2.31. The van der Waals surface area contributed by atoms with Crippen molar-refractivity contribution in [2.24, 2.45) is 4.99 Å². The van der Waals surface area contributed by atoms with Gasteiger partial charge in [0.1, 0.15) is 0 Å². The molecule has 154 valence electrons.